The van der Waals surface area contributed by atoms with Crippen molar-refractivity contribution < 1.29 is 9.59 Å². The topological polar surface area (TPSA) is 75.4 Å². The molecule has 2 rings (SSSR count). The summed E-state index contributed by atoms with van der Waals surface area (Å²) in [6, 6.07) is 0.574. The summed E-state index contributed by atoms with van der Waals surface area (Å²) >= 11 is 1.42. The van der Waals surface area contributed by atoms with Crippen LogP contribution in [0.25, 0.3) is 0 Å². The molecule has 1 saturated carbocycles. The summed E-state index contributed by atoms with van der Waals surface area (Å²) in [5.74, 6) is 1.02. The fourth-order valence-corrected chi connectivity index (χ4v) is 3.73. The predicted octanol–water partition coefficient (Wildman–Crippen LogP) is 1.54. The van der Waals surface area contributed by atoms with Crippen molar-refractivity contribution in [2.75, 3.05) is 24.6 Å². The number of piperidine rings is 1. The molecule has 7 heteroatoms. The fourth-order valence-electron chi connectivity index (χ4n) is 3.00. The molecule has 0 radical (unpaired) electrons. The number of nitrogens with two attached hydrogens (primary N) is 1. The molecule has 0 atom stereocenters. The highest BCUT2D eigenvalue weighted by Gasteiger charge is 2.20. The molecular formula is C15H28ClN3O2S. The maximum Gasteiger partial charge on any atom is 0.232 e. The van der Waals surface area contributed by atoms with E-state index < -0.39 is 0 Å². The molecule has 2 fully saturated rings. The molecule has 1 saturated heterocycles. The smallest absolute Gasteiger partial charge is 0.232 e. The van der Waals surface area contributed by atoms with Crippen molar-refractivity contribution in [3.63, 3.8) is 0 Å². The predicted molar refractivity (Wildman–Crippen MR) is 93.4 cm³/mol. The first-order chi connectivity index (χ1) is 10.1. The Hall–Kier alpha value is -0.460. The van der Waals surface area contributed by atoms with Crippen molar-refractivity contribution in [3.8, 4) is 0 Å². The van der Waals surface area contributed by atoms with Crippen molar-refractivity contribution in [2.24, 2.45) is 5.73 Å². The van der Waals surface area contributed by atoms with Gasteiger partial charge in [-0.15, -0.1) is 24.2 Å². The Morgan fingerprint density at radius 1 is 1.05 bits per heavy atom. The maximum atomic E-state index is 12.0. The van der Waals surface area contributed by atoms with E-state index in [2.05, 4.69) is 5.32 Å². The number of carbonyl (C=O) groups excluding carboxylic acids is 2. The van der Waals surface area contributed by atoms with Crippen LogP contribution >= 0.6 is 24.2 Å². The van der Waals surface area contributed by atoms with Crippen LogP contribution in [0.5, 0.6) is 0 Å². The number of thioether (sulfide) groups is 1. The lowest BCUT2D eigenvalue weighted by atomic mass is 9.92. The molecule has 5 nitrogen and oxygen atoms in total. The van der Waals surface area contributed by atoms with E-state index in [1.54, 1.807) is 0 Å². The van der Waals surface area contributed by atoms with Crippen molar-refractivity contribution in [3.05, 3.63) is 0 Å². The van der Waals surface area contributed by atoms with Gasteiger partial charge in [0.05, 0.1) is 11.5 Å². The normalized spacial score (nSPS) is 25.2. The van der Waals surface area contributed by atoms with E-state index in [4.69, 9.17) is 5.73 Å². The third-order valence-electron chi connectivity index (χ3n) is 4.30. The molecule has 0 aromatic rings. The molecule has 0 unspecified atom stereocenters. The van der Waals surface area contributed by atoms with Crippen LogP contribution in [0.15, 0.2) is 0 Å². The molecule has 0 aromatic heterocycles. The Kier molecular flexibility index (Phi) is 9.21. The number of nitrogens with one attached hydrogen (secondary N) is 1. The van der Waals surface area contributed by atoms with E-state index in [0.717, 1.165) is 51.6 Å². The summed E-state index contributed by atoms with van der Waals surface area (Å²) in [5.41, 5.74) is 5.85. The van der Waals surface area contributed by atoms with Crippen molar-refractivity contribution in [2.45, 2.75) is 57.0 Å². The number of rotatable bonds is 5. The quantitative estimate of drug-likeness (QED) is 0.789. The van der Waals surface area contributed by atoms with Crippen LogP contribution in [-0.2, 0) is 9.59 Å². The summed E-state index contributed by atoms with van der Waals surface area (Å²) in [6.45, 7) is 1.77. The molecule has 128 valence electrons. The Labute approximate surface area is 143 Å². The van der Waals surface area contributed by atoms with E-state index in [9.17, 15) is 9.59 Å². The van der Waals surface area contributed by atoms with Crippen LogP contribution in [0, 0.1) is 0 Å². The number of hydrogen-bond acceptors (Lipinski definition) is 4. The van der Waals surface area contributed by atoms with Crippen molar-refractivity contribution in [1.82, 2.24) is 10.2 Å². The van der Waals surface area contributed by atoms with Gasteiger partial charge in [0.2, 0.25) is 11.8 Å². The van der Waals surface area contributed by atoms with Gasteiger partial charge >= 0.3 is 0 Å². The van der Waals surface area contributed by atoms with E-state index in [0.29, 0.717) is 17.5 Å². The van der Waals surface area contributed by atoms with Gasteiger partial charge in [-0.25, -0.2) is 0 Å². The molecular weight excluding hydrogens is 322 g/mol. The van der Waals surface area contributed by atoms with E-state index in [1.165, 1.54) is 18.2 Å². The second-order valence-electron chi connectivity index (χ2n) is 6.11. The SMILES string of the molecule is Cl.NC1CCC(NC(=O)CSCC(=O)N2CCCCC2)CC1. The van der Waals surface area contributed by atoms with Crippen LogP contribution in [0.3, 0.4) is 0 Å². The van der Waals surface area contributed by atoms with Gasteiger partial charge < -0.3 is 16.0 Å². The van der Waals surface area contributed by atoms with Gasteiger partial charge in [0.1, 0.15) is 0 Å². The maximum absolute atomic E-state index is 12.0. The molecule has 2 aliphatic rings. The Morgan fingerprint density at radius 2 is 1.68 bits per heavy atom. The third kappa shape index (κ3) is 6.75. The average Bonchev–Trinajstić information content (AvgIpc) is 2.50. The number of nitrogens with zero attached hydrogens (tertiary/aromatic N) is 1. The second-order valence-corrected chi connectivity index (χ2v) is 7.10. The summed E-state index contributed by atoms with van der Waals surface area (Å²) in [7, 11) is 0. The fraction of sp³-hybridized carbons (Fsp3) is 0.867. The molecule has 0 bridgehead atoms. The standard InChI is InChI=1S/C15H27N3O2S.ClH/c16-12-4-6-13(7-5-12)17-14(19)10-21-11-15(20)18-8-2-1-3-9-18;/h12-13H,1-11,16H2,(H,17,19);1H. The summed E-state index contributed by atoms with van der Waals surface area (Å²) < 4.78 is 0. The first kappa shape index (κ1) is 19.6. The zero-order chi connectivity index (χ0) is 15.1. The van der Waals surface area contributed by atoms with Crippen LogP contribution in [0.2, 0.25) is 0 Å². The second kappa shape index (κ2) is 10.3. The molecule has 0 aromatic carbocycles. The number of amides is 2. The minimum atomic E-state index is 0. The Bertz CT molecular complexity index is 357. The van der Waals surface area contributed by atoms with E-state index >= 15 is 0 Å². The molecule has 2 amide bonds. The van der Waals surface area contributed by atoms with Crippen LogP contribution in [0.4, 0.5) is 0 Å². The van der Waals surface area contributed by atoms with Gasteiger partial charge in [0.25, 0.3) is 0 Å². The minimum absolute atomic E-state index is 0. The van der Waals surface area contributed by atoms with E-state index in [-0.39, 0.29) is 30.3 Å². The van der Waals surface area contributed by atoms with Crippen LogP contribution < -0.4 is 11.1 Å². The molecule has 1 aliphatic carbocycles. The number of halogens is 1. The Balaban J connectivity index is 0.00000242. The zero-order valence-corrected chi connectivity index (χ0v) is 14.7. The van der Waals surface area contributed by atoms with Crippen molar-refractivity contribution in [1.29, 1.82) is 0 Å². The molecule has 22 heavy (non-hydrogen) atoms. The number of likely N-dealkylation sites (tertiary alicyclic amines) is 1. The summed E-state index contributed by atoms with van der Waals surface area (Å²) in [4.78, 5) is 25.8. The van der Waals surface area contributed by atoms with Gasteiger partial charge in [-0.2, -0.15) is 0 Å². The first-order valence-electron chi connectivity index (χ1n) is 8.05. The van der Waals surface area contributed by atoms with Gasteiger partial charge in [-0.05, 0) is 44.9 Å². The van der Waals surface area contributed by atoms with Gasteiger partial charge in [0, 0.05) is 25.2 Å². The van der Waals surface area contributed by atoms with Gasteiger partial charge in [0.15, 0.2) is 0 Å². The minimum Gasteiger partial charge on any atom is -0.353 e. The monoisotopic (exact) mass is 349 g/mol. The zero-order valence-electron chi connectivity index (χ0n) is 13.1. The Morgan fingerprint density at radius 3 is 2.32 bits per heavy atom. The summed E-state index contributed by atoms with van der Waals surface area (Å²) in [6.07, 6.45) is 7.39. The number of hydrogen-bond donors (Lipinski definition) is 2. The first-order valence-corrected chi connectivity index (χ1v) is 9.21. The van der Waals surface area contributed by atoms with Gasteiger partial charge in [-0.1, -0.05) is 0 Å². The van der Waals surface area contributed by atoms with Crippen molar-refractivity contribution >= 4 is 36.0 Å². The third-order valence-corrected chi connectivity index (χ3v) is 5.22. The van der Waals surface area contributed by atoms with Crippen LogP contribution in [0.1, 0.15) is 44.9 Å². The lowest BCUT2D eigenvalue weighted by molar-refractivity contribution is -0.129. The number of carbonyl (C=O) groups is 2. The molecule has 1 aliphatic heterocycles. The highest BCUT2D eigenvalue weighted by Crippen LogP contribution is 2.17. The molecule has 3 N–H and O–H groups in total. The van der Waals surface area contributed by atoms with Crippen LogP contribution in [-0.4, -0.2) is 53.4 Å². The highest BCUT2D eigenvalue weighted by molar-refractivity contribution is 8.00. The largest absolute Gasteiger partial charge is 0.353 e. The average molecular weight is 350 g/mol. The molecule has 1 heterocycles. The molecule has 0 spiro atoms. The highest BCUT2D eigenvalue weighted by atomic mass is 35.5. The lowest BCUT2D eigenvalue weighted by Crippen LogP contribution is -2.41. The summed E-state index contributed by atoms with van der Waals surface area (Å²) in [5, 5.41) is 3.05. The lowest BCUT2D eigenvalue weighted by Gasteiger charge is -2.27. The van der Waals surface area contributed by atoms with Gasteiger partial charge in [-0.3, -0.25) is 9.59 Å². The van der Waals surface area contributed by atoms with E-state index in [1.807, 2.05) is 4.90 Å².